The summed E-state index contributed by atoms with van der Waals surface area (Å²) in [6.07, 6.45) is 13.2. The number of carbonyl (C=O) groups is 1. The predicted molar refractivity (Wildman–Crippen MR) is 118 cm³/mol. The molecule has 1 amide bonds. The van der Waals surface area contributed by atoms with Gasteiger partial charge in [0.25, 0.3) is 11.3 Å². The minimum absolute atomic E-state index is 0.278. The molecule has 31 heavy (non-hydrogen) atoms. The highest BCUT2D eigenvalue weighted by atomic mass is 16.3. The number of nitrogens with one attached hydrogen (secondary N) is 1. The van der Waals surface area contributed by atoms with Crippen molar-refractivity contribution in [2.24, 2.45) is 0 Å². The minimum Gasteiger partial charge on any atom is -0.503 e. The number of fused-ring (bicyclic) bond motifs is 1. The summed E-state index contributed by atoms with van der Waals surface area (Å²) >= 11 is 0. The Kier molecular flexibility index (Phi) is 6.34. The Labute approximate surface area is 180 Å². The lowest BCUT2D eigenvalue weighted by Crippen LogP contribution is -2.29. The van der Waals surface area contributed by atoms with E-state index in [0.717, 1.165) is 50.2 Å². The Morgan fingerprint density at radius 2 is 1.94 bits per heavy atom. The summed E-state index contributed by atoms with van der Waals surface area (Å²) in [4.78, 5) is 28.2. The lowest BCUT2D eigenvalue weighted by Gasteiger charge is -2.08. The number of unbranched alkanes of at least 4 members (excludes halogenated alkanes) is 4. The van der Waals surface area contributed by atoms with Crippen molar-refractivity contribution in [1.82, 2.24) is 24.6 Å². The number of rotatable bonds is 10. The molecule has 3 heterocycles. The quantitative estimate of drug-likeness (QED) is 0.488. The minimum atomic E-state index is -0.744. The fraction of sp³-hybridized carbons (Fsp3) is 0.478. The van der Waals surface area contributed by atoms with Crippen LogP contribution in [0, 0.1) is 0 Å². The molecule has 2 N–H and O–H groups in total. The van der Waals surface area contributed by atoms with Crippen LogP contribution in [-0.4, -0.2) is 37.4 Å². The first-order valence-electron chi connectivity index (χ1n) is 11.0. The van der Waals surface area contributed by atoms with Gasteiger partial charge in [-0.05, 0) is 49.3 Å². The highest BCUT2D eigenvalue weighted by molar-refractivity contribution is 5.92. The first kappa shape index (κ1) is 21.1. The third kappa shape index (κ3) is 4.95. The van der Waals surface area contributed by atoms with E-state index < -0.39 is 17.1 Å². The van der Waals surface area contributed by atoms with Crippen molar-refractivity contribution >= 4 is 16.9 Å². The van der Waals surface area contributed by atoms with Crippen LogP contribution in [0.1, 0.15) is 66.9 Å². The molecule has 8 heteroatoms. The molecule has 3 aromatic heterocycles. The number of aromatic hydroxyl groups is 1. The second-order valence-corrected chi connectivity index (χ2v) is 8.27. The number of hydrogen-bond acceptors (Lipinski definition) is 5. The van der Waals surface area contributed by atoms with Crippen LogP contribution in [0.15, 0.2) is 35.5 Å². The van der Waals surface area contributed by atoms with Gasteiger partial charge in [0, 0.05) is 37.9 Å². The van der Waals surface area contributed by atoms with Crippen LogP contribution < -0.4 is 10.7 Å². The van der Waals surface area contributed by atoms with Crippen molar-refractivity contribution in [2.45, 2.75) is 64.0 Å². The number of amides is 1. The van der Waals surface area contributed by atoms with Gasteiger partial charge >= 0.3 is 0 Å². The van der Waals surface area contributed by atoms with E-state index in [2.05, 4.69) is 38.3 Å². The summed E-state index contributed by atoms with van der Waals surface area (Å²) in [7, 11) is 1.43. The van der Waals surface area contributed by atoms with Crippen molar-refractivity contribution < 1.29 is 9.90 Å². The maximum atomic E-state index is 11.8. The van der Waals surface area contributed by atoms with Crippen molar-refractivity contribution in [3.8, 4) is 5.75 Å². The molecule has 3 aromatic rings. The molecule has 0 saturated heterocycles. The van der Waals surface area contributed by atoms with Gasteiger partial charge in [-0.3, -0.25) is 14.3 Å². The van der Waals surface area contributed by atoms with Gasteiger partial charge in [0.2, 0.25) is 0 Å². The first-order valence-corrected chi connectivity index (χ1v) is 11.0. The number of pyridine rings is 1. The summed E-state index contributed by atoms with van der Waals surface area (Å²) in [6, 6.07) is 4.45. The summed E-state index contributed by atoms with van der Waals surface area (Å²) in [5.41, 5.74) is 1.42. The Morgan fingerprint density at radius 3 is 2.68 bits per heavy atom. The Morgan fingerprint density at radius 1 is 1.19 bits per heavy atom. The molecule has 1 aliphatic rings. The SMILES string of the molecule is CNC(=O)c1nn(CCCCCCCn2ccc3cc(C4CC4)cnc32)cc(O)c1=O. The largest absolute Gasteiger partial charge is 0.503 e. The molecule has 0 aliphatic heterocycles. The predicted octanol–water partition coefficient (Wildman–Crippen LogP) is 3.19. The maximum absolute atomic E-state index is 11.8. The first-order chi connectivity index (χ1) is 15.1. The topological polar surface area (TPSA) is 102 Å². The van der Waals surface area contributed by atoms with E-state index in [1.54, 1.807) is 0 Å². The number of carbonyl (C=O) groups excluding carboxylic acids is 1. The highest BCUT2D eigenvalue weighted by Gasteiger charge is 2.24. The zero-order valence-corrected chi connectivity index (χ0v) is 17.9. The van der Waals surface area contributed by atoms with E-state index >= 15 is 0 Å². The summed E-state index contributed by atoms with van der Waals surface area (Å²) < 4.78 is 3.70. The van der Waals surface area contributed by atoms with Gasteiger partial charge in [-0.2, -0.15) is 5.10 Å². The monoisotopic (exact) mass is 423 g/mol. The maximum Gasteiger partial charge on any atom is 0.275 e. The molecule has 8 nitrogen and oxygen atoms in total. The average molecular weight is 424 g/mol. The van der Waals surface area contributed by atoms with Crippen LogP contribution >= 0.6 is 0 Å². The van der Waals surface area contributed by atoms with E-state index in [0.29, 0.717) is 6.54 Å². The molecule has 1 aliphatic carbocycles. The van der Waals surface area contributed by atoms with Crippen LogP contribution in [0.5, 0.6) is 5.75 Å². The van der Waals surface area contributed by atoms with Crippen LogP contribution in [-0.2, 0) is 13.1 Å². The molecule has 4 rings (SSSR count). The summed E-state index contributed by atoms with van der Waals surface area (Å²) in [5, 5.41) is 17.4. The lowest BCUT2D eigenvalue weighted by molar-refractivity contribution is 0.0953. The van der Waals surface area contributed by atoms with Crippen molar-refractivity contribution in [1.29, 1.82) is 0 Å². The van der Waals surface area contributed by atoms with E-state index in [1.165, 1.54) is 41.7 Å². The van der Waals surface area contributed by atoms with Gasteiger partial charge in [0.1, 0.15) is 5.65 Å². The lowest BCUT2D eigenvalue weighted by atomic mass is 10.1. The van der Waals surface area contributed by atoms with Gasteiger partial charge in [-0.1, -0.05) is 19.3 Å². The molecule has 164 valence electrons. The van der Waals surface area contributed by atoms with E-state index in [4.69, 9.17) is 0 Å². The smallest absolute Gasteiger partial charge is 0.275 e. The number of aromatic nitrogens is 4. The zero-order valence-electron chi connectivity index (χ0n) is 17.9. The summed E-state index contributed by atoms with van der Waals surface area (Å²) in [5.74, 6) is -0.318. The third-order valence-electron chi connectivity index (χ3n) is 5.85. The van der Waals surface area contributed by atoms with Gasteiger partial charge in [-0.15, -0.1) is 0 Å². The molecule has 0 radical (unpaired) electrons. The number of hydrogen-bond donors (Lipinski definition) is 2. The zero-order chi connectivity index (χ0) is 21.8. The van der Waals surface area contributed by atoms with Crippen molar-refractivity contribution in [2.75, 3.05) is 7.05 Å². The van der Waals surface area contributed by atoms with Gasteiger partial charge < -0.3 is 15.0 Å². The van der Waals surface area contributed by atoms with Gasteiger partial charge in [0.05, 0.1) is 6.20 Å². The van der Waals surface area contributed by atoms with Crippen molar-refractivity contribution in [3.63, 3.8) is 0 Å². The van der Waals surface area contributed by atoms with Crippen LogP contribution in [0.3, 0.4) is 0 Å². The fourth-order valence-corrected chi connectivity index (χ4v) is 3.91. The average Bonchev–Trinajstić information content (AvgIpc) is 3.55. The number of aryl methyl sites for hydroxylation is 2. The number of nitrogens with zero attached hydrogens (tertiary/aromatic N) is 4. The summed E-state index contributed by atoms with van der Waals surface area (Å²) in [6.45, 7) is 1.51. The van der Waals surface area contributed by atoms with Crippen LogP contribution in [0.2, 0.25) is 0 Å². The van der Waals surface area contributed by atoms with Gasteiger partial charge in [0.15, 0.2) is 11.4 Å². The molecule has 1 saturated carbocycles. The van der Waals surface area contributed by atoms with E-state index in [1.807, 2.05) is 6.20 Å². The van der Waals surface area contributed by atoms with Gasteiger partial charge in [-0.25, -0.2) is 4.98 Å². The molecule has 0 bridgehead atoms. The molecule has 0 atom stereocenters. The molecular formula is C23H29N5O3. The van der Waals surface area contributed by atoms with Crippen LogP contribution in [0.4, 0.5) is 0 Å². The standard InChI is InChI=1S/C23H29N5O3/c1-24-23(31)20-21(30)19(29)15-28(26-20)11-6-4-2-3-5-10-27-12-9-17-13-18(16-7-8-16)14-25-22(17)27/h9,12-16,29H,2-8,10-11H2,1H3,(H,24,31). The molecular weight excluding hydrogens is 394 g/mol. The Balaban J connectivity index is 1.20. The molecule has 1 fully saturated rings. The molecule has 0 aromatic carbocycles. The molecule has 0 unspecified atom stereocenters. The Hall–Kier alpha value is -3.16. The van der Waals surface area contributed by atoms with E-state index in [-0.39, 0.29) is 5.69 Å². The second-order valence-electron chi connectivity index (χ2n) is 8.27. The third-order valence-corrected chi connectivity index (χ3v) is 5.85. The fourth-order valence-electron chi connectivity index (χ4n) is 3.91. The normalized spacial score (nSPS) is 13.6. The Bertz CT molecular complexity index is 1130. The van der Waals surface area contributed by atoms with Crippen molar-refractivity contribution in [3.05, 3.63) is 52.2 Å². The highest BCUT2D eigenvalue weighted by Crippen LogP contribution is 2.40. The van der Waals surface area contributed by atoms with E-state index in [9.17, 15) is 14.7 Å². The second kappa shape index (κ2) is 9.32. The van der Waals surface area contributed by atoms with Crippen LogP contribution in [0.25, 0.3) is 11.0 Å². The molecule has 0 spiro atoms.